The summed E-state index contributed by atoms with van der Waals surface area (Å²) in [5, 5.41) is 10.6. The molecule has 0 spiro atoms. The van der Waals surface area contributed by atoms with Crippen LogP contribution in [0.1, 0.15) is 28.7 Å². The Balaban J connectivity index is 2.43. The predicted octanol–water partition coefficient (Wildman–Crippen LogP) is 3.70. The molecule has 112 valence electrons. The zero-order valence-electron chi connectivity index (χ0n) is 11.5. The van der Waals surface area contributed by atoms with Gasteiger partial charge in [-0.15, -0.1) is 0 Å². The molecule has 0 aliphatic carbocycles. The van der Waals surface area contributed by atoms with Gasteiger partial charge in [0.2, 0.25) is 0 Å². The van der Waals surface area contributed by atoms with Crippen LogP contribution in [0.4, 0.5) is 8.78 Å². The van der Waals surface area contributed by atoms with Crippen molar-refractivity contribution in [1.29, 1.82) is 0 Å². The maximum atomic E-state index is 14.1. The van der Waals surface area contributed by atoms with Crippen LogP contribution in [0.15, 0.2) is 36.4 Å². The summed E-state index contributed by atoms with van der Waals surface area (Å²) in [5.74, 6) is -1.56. The molecular formula is C16H16ClF2NO. The van der Waals surface area contributed by atoms with Crippen molar-refractivity contribution in [3.63, 3.8) is 0 Å². The molecule has 0 bridgehead atoms. The molecule has 0 amide bonds. The lowest BCUT2D eigenvalue weighted by molar-refractivity contribution is 0.143. The van der Waals surface area contributed by atoms with Gasteiger partial charge in [-0.25, -0.2) is 8.78 Å². The monoisotopic (exact) mass is 311 g/mol. The molecule has 2 atom stereocenters. The second-order valence-electron chi connectivity index (χ2n) is 4.93. The van der Waals surface area contributed by atoms with E-state index in [0.717, 1.165) is 6.07 Å². The number of rotatable bonds is 4. The Morgan fingerprint density at radius 2 is 1.90 bits per heavy atom. The van der Waals surface area contributed by atoms with Crippen molar-refractivity contribution in [2.24, 2.45) is 5.73 Å². The Bertz CT molecular complexity index is 648. The van der Waals surface area contributed by atoms with E-state index < -0.39 is 23.7 Å². The fraction of sp³-hybridized carbons (Fsp3) is 0.250. The summed E-state index contributed by atoms with van der Waals surface area (Å²) < 4.78 is 27.3. The highest BCUT2D eigenvalue weighted by molar-refractivity contribution is 6.31. The van der Waals surface area contributed by atoms with Crippen LogP contribution >= 0.6 is 11.6 Å². The molecule has 2 aromatic rings. The van der Waals surface area contributed by atoms with Gasteiger partial charge >= 0.3 is 0 Å². The molecular weight excluding hydrogens is 296 g/mol. The maximum absolute atomic E-state index is 14.1. The maximum Gasteiger partial charge on any atom is 0.131 e. The molecule has 0 fully saturated rings. The van der Waals surface area contributed by atoms with E-state index in [2.05, 4.69) is 0 Å². The van der Waals surface area contributed by atoms with E-state index in [1.165, 1.54) is 18.2 Å². The Morgan fingerprint density at radius 1 is 1.19 bits per heavy atom. The van der Waals surface area contributed by atoms with Crippen molar-refractivity contribution < 1.29 is 13.9 Å². The van der Waals surface area contributed by atoms with Crippen molar-refractivity contribution in [2.45, 2.75) is 18.9 Å². The second kappa shape index (κ2) is 6.52. The number of hydrogen-bond donors (Lipinski definition) is 2. The SMILES string of the molecule is Cc1cccc(C(O)C(CN)c2ccc(F)cc2Cl)c1F. The molecule has 2 unspecified atom stereocenters. The summed E-state index contributed by atoms with van der Waals surface area (Å²) >= 11 is 6.01. The number of hydrogen-bond acceptors (Lipinski definition) is 2. The average molecular weight is 312 g/mol. The van der Waals surface area contributed by atoms with Gasteiger partial charge in [0.1, 0.15) is 11.6 Å². The highest BCUT2D eigenvalue weighted by atomic mass is 35.5. The van der Waals surface area contributed by atoms with Crippen LogP contribution in [0, 0.1) is 18.6 Å². The van der Waals surface area contributed by atoms with Crippen molar-refractivity contribution in [3.8, 4) is 0 Å². The van der Waals surface area contributed by atoms with Crippen LogP contribution in [0.2, 0.25) is 5.02 Å². The standard InChI is InChI=1S/C16H16ClF2NO/c1-9-3-2-4-12(15(9)19)16(21)13(8-20)11-6-5-10(18)7-14(11)17/h2-7,13,16,21H,8,20H2,1H3. The van der Waals surface area contributed by atoms with Gasteiger partial charge in [-0.05, 0) is 30.2 Å². The fourth-order valence-electron chi connectivity index (χ4n) is 2.34. The molecule has 2 rings (SSSR count). The largest absolute Gasteiger partial charge is 0.388 e. The lowest BCUT2D eigenvalue weighted by atomic mass is 9.88. The third-order valence-electron chi connectivity index (χ3n) is 3.54. The van der Waals surface area contributed by atoms with Crippen LogP contribution in [0.25, 0.3) is 0 Å². The first kappa shape index (κ1) is 15.9. The number of benzene rings is 2. The molecule has 3 N–H and O–H groups in total. The number of nitrogens with two attached hydrogens (primary N) is 1. The topological polar surface area (TPSA) is 46.2 Å². The zero-order valence-corrected chi connectivity index (χ0v) is 12.2. The molecule has 0 aromatic heterocycles. The minimum Gasteiger partial charge on any atom is -0.388 e. The second-order valence-corrected chi connectivity index (χ2v) is 5.34. The van der Waals surface area contributed by atoms with Crippen LogP contribution in [-0.2, 0) is 0 Å². The molecule has 5 heteroatoms. The Labute approximate surface area is 127 Å². The third kappa shape index (κ3) is 3.23. The van der Waals surface area contributed by atoms with Crippen molar-refractivity contribution >= 4 is 11.6 Å². The van der Waals surface area contributed by atoms with Crippen LogP contribution < -0.4 is 5.73 Å². The van der Waals surface area contributed by atoms with E-state index in [1.54, 1.807) is 19.1 Å². The van der Waals surface area contributed by atoms with Crippen LogP contribution in [0.5, 0.6) is 0 Å². The molecule has 0 heterocycles. The molecule has 0 radical (unpaired) electrons. The van der Waals surface area contributed by atoms with Crippen molar-refractivity contribution in [2.75, 3.05) is 6.54 Å². The molecule has 2 aromatic carbocycles. The lowest BCUT2D eigenvalue weighted by Crippen LogP contribution is -2.21. The first-order chi connectivity index (χ1) is 9.95. The van der Waals surface area contributed by atoms with E-state index in [9.17, 15) is 13.9 Å². The van der Waals surface area contributed by atoms with E-state index in [1.807, 2.05) is 0 Å². The summed E-state index contributed by atoms with van der Waals surface area (Å²) in [6, 6.07) is 8.64. The van der Waals surface area contributed by atoms with Gasteiger partial charge in [-0.3, -0.25) is 0 Å². The summed E-state index contributed by atoms with van der Waals surface area (Å²) in [4.78, 5) is 0. The minimum absolute atomic E-state index is 0.0555. The number of aliphatic hydroxyl groups is 1. The number of halogens is 3. The number of aliphatic hydroxyl groups excluding tert-OH is 1. The predicted molar refractivity (Wildman–Crippen MR) is 79.3 cm³/mol. The summed E-state index contributed by atoms with van der Waals surface area (Å²) in [5.41, 5.74) is 6.79. The van der Waals surface area contributed by atoms with Gasteiger partial charge in [0.15, 0.2) is 0 Å². The fourth-order valence-corrected chi connectivity index (χ4v) is 2.65. The minimum atomic E-state index is -1.15. The van der Waals surface area contributed by atoms with Gasteiger partial charge in [0.05, 0.1) is 6.10 Å². The molecule has 0 aliphatic rings. The molecule has 21 heavy (non-hydrogen) atoms. The van der Waals surface area contributed by atoms with Crippen molar-refractivity contribution in [1.82, 2.24) is 0 Å². The van der Waals surface area contributed by atoms with Gasteiger partial charge in [-0.2, -0.15) is 0 Å². The third-order valence-corrected chi connectivity index (χ3v) is 3.86. The molecule has 0 aliphatic heterocycles. The Hall–Kier alpha value is -1.49. The summed E-state index contributed by atoms with van der Waals surface area (Å²) in [6.07, 6.45) is -1.15. The summed E-state index contributed by atoms with van der Waals surface area (Å²) in [6.45, 7) is 1.67. The first-order valence-electron chi connectivity index (χ1n) is 6.53. The molecule has 0 saturated carbocycles. The van der Waals surface area contributed by atoms with Crippen LogP contribution in [0.3, 0.4) is 0 Å². The zero-order chi connectivity index (χ0) is 15.6. The van der Waals surface area contributed by atoms with Gasteiger partial charge in [0, 0.05) is 23.0 Å². The van der Waals surface area contributed by atoms with Gasteiger partial charge in [0.25, 0.3) is 0 Å². The Morgan fingerprint density at radius 3 is 2.52 bits per heavy atom. The first-order valence-corrected chi connectivity index (χ1v) is 6.91. The highest BCUT2D eigenvalue weighted by Gasteiger charge is 2.26. The smallest absolute Gasteiger partial charge is 0.131 e. The van der Waals surface area contributed by atoms with Crippen molar-refractivity contribution in [3.05, 3.63) is 69.7 Å². The molecule has 0 saturated heterocycles. The van der Waals surface area contributed by atoms with E-state index in [-0.39, 0.29) is 17.1 Å². The van der Waals surface area contributed by atoms with Gasteiger partial charge < -0.3 is 10.8 Å². The van der Waals surface area contributed by atoms with E-state index in [4.69, 9.17) is 17.3 Å². The normalized spacial score (nSPS) is 14.0. The summed E-state index contributed by atoms with van der Waals surface area (Å²) in [7, 11) is 0. The lowest BCUT2D eigenvalue weighted by Gasteiger charge is -2.24. The molecule has 2 nitrogen and oxygen atoms in total. The Kier molecular flexibility index (Phi) is 4.93. The van der Waals surface area contributed by atoms with E-state index in [0.29, 0.717) is 11.1 Å². The van der Waals surface area contributed by atoms with Crippen LogP contribution in [-0.4, -0.2) is 11.7 Å². The van der Waals surface area contributed by atoms with Gasteiger partial charge in [-0.1, -0.05) is 35.9 Å². The number of aryl methyl sites for hydroxylation is 1. The average Bonchev–Trinajstić information content (AvgIpc) is 2.44. The highest BCUT2D eigenvalue weighted by Crippen LogP contribution is 2.35. The quantitative estimate of drug-likeness (QED) is 0.904. The van der Waals surface area contributed by atoms with E-state index >= 15 is 0 Å².